The summed E-state index contributed by atoms with van der Waals surface area (Å²) in [5.41, 5.74) is 5.19. The molecule has 106 valence electrons. The largest absolute Gasteiger partial charge is 0.385 e. The predicted molar refractivity (Wildman–Crippen MR) is 85.0 cm³/mol. The monoisotopic (exact) mass is 268 g/mol. The van der Waals surface area contributed by atoms with Crippen LogP contribution in [0.5, 0.6) is 0 Å². The Morgan fingerprint density at radius 1 is 0.950 bits per heavy atom. The van der Waals surface area contributed by atoms with Gasteiger partial charge in [-0.1, -0.05) is 49.4 Å². The van der Waals surface area contributed by atoms with Crippen LogP contribution in [0.2, 0.25) is 0 Å². The Labute approximate surface area is 122 Å². The van der Waals surface area contributed by atoms with Gasteiger partial charge in [-0.2, -0.15) is 0 Å². The van der Waals surface area contributed by atoms with E-state index in [1.54, 1.807) is 0 Å². The zero-order valence-electron chi connectivity index (χ0n) is 12.9. The Balaban J connectivity index is 2.30. The molecule has 1 heteroatoms. The van der Waals surface area contributed by atoms with Crippen LogP contribution in [0.25, 0.3) is 0 Å². The van der Waals surface area contributed by atoms with Crippen LogP contribution in [0, 0.1) is 13.8 Å². The maximum absolute atomic E-state index is 10.9. The number of aryl methyl sites for hydroxylation is 3. The SMILES string of the molecule is CCc1ccc(C(C)(O)Cc2c(C)cccc2C)cc1. The van der Waals surface area contributed by atoms with Crippen molar-refractivity contribution in [1.29, 1.82) is 0 Å². The molecule has 2 rings (SSSR count). The zero-order valence-corrected chi connectivity index (χ0v) is 12.9. The highest BCUT2D eigenvalue weighted by Crippen LogP contribution is 2.28. The number of aliphatic hydroxyl groups is 1. The summed E-state index contributed by atoms with van der Waals surface area (Å²) in [6, 6.07) is 14.6. The zero-order chi connectivity index (χ0) is 14.8. The van der Waals surface area contributed by atoms with E-state index in [4.69, 9.17) is 0 Å². The van der Waals surface area contributed by atoms with Gasteiger partial charge in [-0.15, -0.1) is 0 Å². The van der Waals surface area contributed by atoms with E-state index < -0.39 is 5.60 Å². The lowest BCUT2D eigenvalue weighted by molar-refractivity contribution is 0.0573. The molecule has 2 aromatic rings. The highest BCUT2D eigenvalue weighted by molar-refractivity contribution is 5.37. The standard InChI is InChI=1S/C19H24O/c1-5-16-9-11-17(12-10-16)19(4,20)13-18-14(2)7-6-8-15(18)3/h6-12,20H,5,13H2,1-4H3. The normalized spacial score (nSPS) is 14.1. The van der Waals surface area contributed by atoms with Gasteiger partial charge in [0.1, 0.15) is 0 Å². The van der Waals surface area contributed by atoms with Crippen molar-refractivity contribution in [2.24, 2.45) is 0 Å². The van der Waals surface area contributed by atoms with Crippen molar-refractivity contribution >= 4 is 0 Å². The highest BCUT2D eigenvalue weighted by atomic mass is 16.3. The first-order valence-corrected chi connectivity index (χ1v) is 7.31. The van der Waals surface area contributed by atoms with Gasteiger partial charge in [0.15, 0.2) is 0 Å². The van der Waals surface area contributed by atoms with Crippen molar-refractivity contribution in [3.8, 4) is 0 Å². The molecule has 0 aliphatic rings. The van der Waals surface area contributed by atoms with E-state index in [0.29, 0.717) is 6.42 Å². The summed E-state index contributed by atoms with van der Waals surface area (Å²) in [5.74, 6) is 0. The van der Waals surface area contributed by atoms with Crippen LogP contribution in [0.15, 0.2) is 42.5 Å². The van der Waals surface area contributed by atoms with Crippen molar-refractivity contribution in [1.82, 2.24) is 0 Å². The van der Waals surface area contributed by atoms with Crippen molar-refractivity contribution in [3.63, 3.8) is 0 Å². The highest BCUT2D eigenvalue weighted by Gasteiger charge is 2.24. The molecule has 0 radical (unpaired) electrons. The Hall–Kier alpha value is -1.60. The van der Waals surface area contributed by atoms with Gasteiger partial charge < -0.3 is 5.11 Å². The summed E-state index contributed by atoms with van der Waals surface area (Å²) >= 11 is 0. The fraction of sp³-hybridized carbons (Fsp3) is 0.368. The van der Waals surface area contributed by atoms with E-state index in [1.807, 2.05) is 19.1 Å². The summed E-state index contributed by atoms with van der Waals surface area (Å²) in [6.45, 7) is 8.26. The van der Waals surface area contributed by atoms with Crippen LogP contribution in [0.4, 0.5) is 0 Å². The molecule has 0 saturated carbocycles. The van der Waals surface area contributed by atoms with Crippen LogP contribution in [-0.4, -0.2) is 5.11 Å². The van der Waals surface area contributed by atoms with E-state index in [0.717, 1.165) is 12.0 Å². The molecule has 0 saturated heterocycles. The van der Waals surface area contributed by atoms with Gasteiger partial charge >= 0.3 is 0 Å². The third kappa shape index (κ3) is 3.10. The number of hydrogen-bond donors (Lipinski definition) is 1. The molecular formula is C19H24O. The van der Waals surface area contributed by atoms with Gasteiger partial charge in [0, 0.05) is 6.42 Å². The molecule has 0 fully saturated rings. The first-order chi connectivity index (χ1) is 9.44. The van der Waals surface area contributed by atoms with Crippen LogP contribution in [0.1, 0.15) is 41.7 Å². The second-order valence-corrected chi connectivity index (χ2v) is 5.87. The predicted octanol–water partition coefficient (Wildman–Crippen LogP) is 4.32. The minimum Gasteiger partial charge on any atom is -0.385 e. The van der Waals surface area contributed by atoms with E-state index in [-0.39, 0.29) is 0 Å². The summed E-state index contributed by atoms with van der Waals surface area (Å²) in [7, 11) is 0. The molecule has 0 amide bonds. The summed E-state index contributed by atoms with van der Waals surface area (Å²) in [4.78, 5) is 0. The molecule has 0 aromatic heterocycles. The summed E-state index contributed by atoms with van der Waals surface area (Å²) in [5, 5.41) is 10.9. The van der Waals surface area contributed by atoms with Crippen molar-refractivity contribution < 1.29 is 5.11 Å². The van der Waals surface area contributed by atoms with Crippen LogP contribution in [-0.2, 0) is 18.4 Å². The maximum Gasteiger partial charge on any atom is 0.0908 e. The van der Waals surface area contributed by atoms with E-state index in [2.05, 4.69) is 51.1 Å². The smallest absolute Gasteiger partial charge is 0.0908 e. The molecule has 0 heterocycles. The Bertz CT molecular complexity index is 559. The van der Waals surface area contributed by atoms with Gasteiger partial charge in [-0.3, -0.25) is 0 Å². The van der Waals surface area contributed by atoms with Crippen LogP contribution < -0.4 is 0 Å². The lowest BCUT2D eigenvalue weighted by atomic mass is 9.85. The molecule has 1 nitrogen and oxygen atoms in total. The molecule has 2 aromatic carbocycles. The molecule has 0 spiro atoms. The number of rotatable bonds is 4. The second-order valence-electron chi connectivity index (χ2n) is 5.87. The van der Waals surface area contributed by atoms with Crippen molar-refractivity contribution in [3.05, 3.63) is 70.3 Å². The van der Waals surface area contributed by atoms with E-state index >= 15 is 0 Å². The maximum atomic E-state index is 10.9. The van der Waals surface area contributed by atoms with Gasteiger partial charge in [-0.25, -0.2) is 0 Å². The number of benzene rings is 2. The molecule has 1 atom stereocenters. The minimum absolute atomic E-state index is 0.650. The van der Waals surface area contributed by atoms with Crippen LogP contribution >= 0.6 is 0 Å². The first kappa shape index (κ1) is 14.8. The minimum atomic E-state index is -0.830. The molecule has 0 bridgehead atoms. The third-order valence-corrected chi connectivity index (χ3v) is 4.15. The average Bonchev–Trinajstić information content (AvgIpc) is 2.43. The topological polar surface area (TPSA) is 20.2 Å². The molecular weight excluding hydrogens is 244 g/mol. The number of hydrogen-bond acceptors (Lipinski definition) is 1. The Kier molecular flexibility index (Phi) is 4.29. The van der Waals surface area contributed by atoms with Gasteiger partial charge in [0.05, 0.1) is 5.60 Å². The van der Waals surface area contributed by atoms with Crippen molar-refractivity contribution in [2.45, 2.75) is 46.1 Å². The average molecular weight is 268 g/mol. The van der Waals surface area contributed by atoms with Crippen LogP contribution in [0.3, 0.4) is 0 Å². The fourth-order valence-electron chi connectivity index (χ4n) is 2.67. The Morgan fingerprint density at radius 2 is 1.50 bits per heavy atom. The third-order valence-electron chi connectivity index (χ3n) is 4.15. The van der Waals surface area contributed by atoms with Gasteiger partial charge in [0.25, 0.3) is 0 Å². The molecule has 1 N–H and O–H groups in total. The Morgan fingerprint density at radius 3 is 2.00 bits per heavy atom. The fourth-order valence-corrected chi connectivity index (χ4v) is 2.67. The van der Waals surface area contributed by atoms with Crippen molar-refractivity contribution in [2.75, 3.05) is 0 Å². The lowest BCUT2D eigenvalue weighted by Gasteiger charge is -2.26. The quantitative estimate of drug-likeness (QED) is 0.875. The van der Waals surface area contributed by atoms with E-state index in [9.17, 15) is 5.11 Å². The summed E-state index contributed by atoms with van der Waals surface area (Å²) < 4.78 is 0. The van der Waals surface area contributed by atoms with Gasteiger partial charge in [0.2, 0.25) is 0 Å². The summed E-state index contributed by atoms with van der Waals surface area (Å²) in [6.07, 6.45) is 1.68. The first-order valence-electron chi connectivity index (χ1n) is 7.31. The van der Waals surface area contributed by atoms with E-state index in [1.165, 1.54) is 22.3 Å². The molecule has 0 aliphatic carbocycles. The molecule has 20 heavy (non-hydrogen) atoms. The molecule has 0 aliphatic heterocycles. The lowest BCUT2D eigenvalue weighted by Crippen LogP contribution is -2.25. The second kappa shape index (κ2) is 5.80. The van der Waals surface area contributed by atoms with Gasteiger partial charge in [-0.05, 0) is 55.0 Å². The molecule has 1 unspecified atom stereocenters.